The second-order valence-corrected chi connectivity index (χ2v) is 4.05. The average Bonchev–Trinajstić information content (AvgIpc) is 2.42. The maximum Gasteiger partial charge on any atom is 0.266 e. The molecule has 1 atom stereocenters. The highest BCUT2D eigenvalue weighted by atomic mass is 16.6. The number of benzene rings is 1. The number of carbonyl (C=O) groups excluding carboxylic acids is 1. The molecule has 0 bridgehead atoms. The van der Waals surface area contributed by atoms with Crippen molar-refractivity contribution in [1.82, 2.24) is 4.90 Å². The van der Waals surface area contributed by atoms with Crippen LogP contribution >= 0.6 is 0 Å². The number of hydrogen-bond acceptors (Lipinski definition) is 4. The molecule has 5 heteroatoms. The summed E-state index contributed by atoms with van der Waals surface area (Å²) < 4.78 is 0. The Kier molecular flexibility index (Phi) is 5.85. The maximum absolute atomic E-state index is 11.9. The third-order valence-electron chi connectivity index (χ3n) is 2.77. The van der Waals surface area contributed by atoms with Gasteiger partial charge in [0.2, 0.25) is 6.10 Å². The molecule has 104 valence electrons. The van der Waals surface area contributed by atoms with Crippen molar-refractivity contribution in [2.45, 2.75) is 26.9 Å². The van der Waals surface area contributed by atoms with Crippen LogP contribution in [0.4, 0.5) is 0 Å². The van der Waals surface area contributed by atoms with Crippen LogP contribution in [0.5, 0.6) is 5.75 Å². The van der Waals surface area contributed by atoms with Gasteiger partial charge in [-0.1, -0.05) is 17.3 Å². The maximum atomic E-state index is 11.9. The number of rotatable bonds is 6. The first-order valence-corrected chi connectivity index (χ1v) is 6.36. The molecular weight excluding hydrogens is 244 g/mol. The van der Waals surface area contributed by atoms with Crippen molar-refractivity contribution >= 4 is 12.1 Å². The molecule has 0 aliphatic heterocycles. The first-order chi connectivity index (χ1) is 9.10. The summed E-state index contributed by atoms with van der Waals surface area (Å²) in [6.45, 7) is 6.78. The summed E-state index contributed by atoms with van der Waals surface area (Å²) in [6.07, 6.45) is 0.753. The van der Waals surface area contributed by atoms with Gasteiger partial charge in [-0.3, -0.25) is 4.79 Å². The number of amides is 1. The third kappa shape index (κ3) is 4.28. The number of nitrogens with zero attached hydrogens (tertiary/aromatic N) is 2. The van der Waals surface area contributed by atoms with Crippen molar-refractivity contribution in [3.8, 4) is 5.75 Å². The predicted molar refractivity (Wildman–Crippen MR) is 74.2 cm³/mol. The summed E-state index contributed by atoms with van der Waals surface area (Å²) in [6, 6.07) is 6.77. The zero-order valence-electron chi connectivity index (χ0n) is 11.5. The van der Waals surface area contributed by atoms with Crippen LogP contribution in [0.1, 0.15) is 26.3 Å². The van der Waals surface area contributed by atoms with Crippen LogP contribution in [0, 0.1) is 0 Å². The Morgan fingerprint density at radius 2 is 2.05 bits per heavy atom. The molecule has 0 aliphatic rings. The largest absolute Gasteiger partial charge is 0.507 e. The van der Waals surface area contributed by atoms with Crippen molar-refractivity contribution in [3.63, 3.8) is 0 Å². The van der Waals surface area contributed by atoms with Crippen LogP contribution in [0.3, 0.4) is 0 Å². The average molecular weight is 264 g/mol. The number of likely N-dealkylation sites (N-methyl/N-ethyl adjacent to an activating group) is 1. The van der Waals surface area contributed by atoms with Crippen molar-refractivity contribution in [1.29, 1.82) is 0 Å². The molecule has 0 saturated carbocycles. The molecule has 0 spiro atoms. The number of carbonyl (C=O) groups is 1. The van der Waals surface area contributed by atoms with E-state index in [4.69, 9.17) is 4.84 Å². The Balaban J connectivity index is 2.57. The molecule has 0 unspecified atom stereocenters. The lowest BCUT2D eigenvalue weighted by atomic mass is 10.2. The van der Waals surface area contributed by atoms with E-state index < -0.39 is 6.10 Å². The lowest BCUT2D eigenvalue weighted by molar-refractivity contribution is -0.142. The van der Waals surface area contributed by atoms with Gasteiger partial charge in [0.05, 0.1) is 6.21 Å². The van der Waals surface area contributed by atoms with Crippen LogP contribution < -0.4 is 0 Å². The molecule has 5 nitrogen and oxygen atoms in total. The fraction of sp³-hybridized carbons (Fsp3) is 0.429. The second-order valence-electron chi connectivity index (χ2n) is 4.05. The van der Waals surface area contributed by atoms with Gasteiger partial charge in [-0.25, -0.2) is 0 Å². The molecule has 19 heavy (non-hydrogen) atoms. The minimum atomic E-state index is -0.637. The predicted octanol–water partition coefficient (Wildman–Crippen LogP) is 2.00. The van der Waals surface area contributed by atoms with Gasteiger partial charge in [-0.2, -0.15) is 0 Å². The van der Waals surface area contributed by atoms with Gasteiger partial charge < -0.3 is 14.8 Å². The van der Waals surface area contributed by atoms with E-state index in [0.29, 0.717) is 18.7 Å². The number of hydrogen-bond donors (Lipinski definition) is 1. The highest BCUT2D eigenvalue weighted by Gasteiger charge is 2.19. The Hall–Kier alpha value is -2.04. The van der Waals surface area contributed by atoms with E-state index in [-0.39, 0.29) is 11.7 Å². The summed E-state index contributed by atoms with van der Waals surface area (Å²) in [5.41, 5.74) is 0.546. The summed E-state index contributed by atoms with van der Waals surface area (Å²) in [4.78, 5) is 18.7. The minimum absolute atomic E-state index is 0.0977. The van der Waals surface area contributed by atoms with Gasteiger partial charge in [0.25, 0.3) is 5.91 Å². The molecule has 0 saturated heterocycles. The van der Waals surface area contributed by atoms with E-state index >= 15 is 0 Å². The molecule has 0 aliphatic carbocycles. The minimum Gasteiger partial charge on any atom is -0.507 e. The lowest BCUT2D eigenvalue weighted by Gasteiger charge is -2.21. The number of phenolic OH excluding ortho intramolecular Hbond substituents is 1. The SMILES string of the molecule is CCN(CC)C(=O)[C@@H](C)O/N=C\c1ccccc1O. The van der Waals surface area contributed by atoms with E-state index in [1.54, 1.807) is 36.1 Å². The zero-order valence-corrected chi connectivity index (χ0v) is 11.5. The van der Waals surface area contributed by atoms with Crippen molar-refractivity contribution in [2.24, 2.45) is 5.16 Å². The summed E-state index contributed by atoms with van der Waals surface area (Å²) in [5.74, 6) is 0.0250. The Morgan fingerprint density at radius 3 is 2.63 bits per heavy atom. The Bertz CT molecular complexity index is 442. The van der Waals surface area contributed by atoms with Crippen LogP contribution in [0.2, 0.25) is 0 Å². The van der Waals surface area contributed by atoms with Crippen molar-refractivity contribution < 1.29 is 14.7 Å². The Morgan fingerprint density at radius 1 is 1.42 bits per heavy atom. The fourth-order valence-corrected chi connectivity index (χ4v) is 1.61. The summed E-state index contributed by atoms with van der Waals surface area (Å²) in [5, 5.41) is 13.3. The van der Waals surface area contributed by atoms with E-state index in [1.807, 2.05) is 13.8 Å². The fourth-order valence-electron chi connectivity index (χ4n) is 1.61. The first kappa shape index (κ1) is 15.0. The smallest absolute Gasteiger partial charge is 0.266 e. The molecule has 0 aromatic heterocycles. The van der Waals surface area contributed by atoms with Gasteiger partial charge in [0.15, 0.2) is 0 Å². The summed E-state index contributed by atoms with van der Waals surface area (Å²) >= 11 is 0. The topological polar surface area (TPSA) is 62.1 Å². The van der Waals surface area contributed by atoms with Crippen molar-refractivity contribution in [2.75, 3.05) is 13.1 Å². The van der Waals surface area contributed by atoms with E-state index in [0.717, 1.165) is 0 Å². The molecule has 0 fully saturated rings. The van der Waals surface area contributed by atoms with Gasteiger partial charge in [0, 0.05) is 18.7 Å². The Labute approximate surface area is 113 Å². The molecule has 1 amide bonds. The highest BCUT2D eigenvalue weighted by molar-refractivity contribution is 5.83. The molecular formula is C14H20N2O3. The number of phenols is 1. The van der Waals surface area contributed by atoms with E-state index in [1.165, 1.54) is 6.21 Å². The molecule has 1 rings (SSSR count). The van der Waals surface area contributed by atoms with Gasteiger partial charge in [-0.05, 0) is 32.9 Å². The molecule has 1 N–H and O–H groups in total. The monoisotopic (exact) mass is 264 g/mol. The van der Waals surface area contributed by atoms with Crippen LogP contribution in [0.15, 0.2) is 29.4 Å². The molecule has 1 aromatic rings. The van der Waals surface area contributed by atoms with E-state index in [9.17, 15) is 9.90 Å². The van der Waals surface area contributed by atoms with Crippen LogP contribution in [-0.4, -0.2) is 41.3 Å². The first-order valence-electron chi connectivity index (χ1n) is 6.36. The van der Waals surface area contributed by atoms with Crippen molar-refractivity contribution in [3.05, 3.63) is 29.8 Å². The quantitative estimate of drug-likeness (QED) is 0.631. The van der Waals surface area contributed by atoms with Gasteiger partial charge in [-0.15, -0.1) is 0 Å². The highest BCUT2D eigenvalue weighted by Crippen LogP contribution is 2.12. The second kappa shape index (κ2) is 7.41. The molecule has 0 radical (unpaired) electrons. The van der Waals surface area contributed by atoms with Crippen LogP contribution in [-0.2, 0) is 9.63 Å². The van der Waals surface area contributed by atoms with Gasteiger partial charge >= 0.3 is 0 Å². The molecule has 0 heterocycles. The van der Waals surface area contributed by atoms with Gasteiger partial charge in [0.1, 0.15) is 5.75 Å². The zero-order chi connectivity index (χ0) is 14.3. The summed E-state index contributed by atoms with van der Waals surface area (Å²) in [7, 11) is 0. The van der Waals surface area contributed by atoms with Crippen LogP contribution in [0.25, 0.3) is 0 Å². The standard InChI is InChI=1S/C14H20N2O3/c1-4-16(5-2)14(18)11(3)19-15-10-12-8-6-7-9-13(12)17/h6-11,17H,4-5H2,1-3H3/b15-10-/t11-/m1/s1. The number of oxime groups is 1. The lowest BCUT2D eigenvalue weighted by Crippen LogP contribution is -2.38. The normalized spacial score (nSPS) is 12.4. The number of para-hydroxylation sites is 1. The van der Waals surface area contributed by atoms with E-state index in [2.05, 4.69) is 5.16 Å². The third-order valence-corrected chi connectivity index (χ3v) is 2.77. The molecule has 1 aromatic carbocycles. The number of aromatic hydroxyl groups is 1.